The van der Waals surface area contributed by atoms with Crippen LogP contribution in [0.25, 0.3) is 22.3 Å². The first-order valence-corrected chi connectivity index (χ1v) is 10.7. The fourth-order valence-corrected chi connectivity index (χ4v) is 4.88. The van der Waals surface area contributed by atoms with Gasteiger partial charge in [-0.05, 0) is 31.5 Å². The number of pyridine rings is 2. The number of nitrogens with zero attached hydrogens (tertiary/aromatic N) is 3. The van der Waals surface area contributed by atoms with E-state index in [2.05, 4.69) is 0 Å². The Morgan fingerprint density at radius 3 is 2.62 bits per heavy atom. The van der Waals surface area contributed by atoms with Gasteiger partial charge in [0.05, 0.1) is 49.7 Å². The van der Waals surface area contributed by atoms with Crippen molar-refractivity contribution in [1.29, 1.82) is 0 Å². The molecule has 0 spiro atoms. The van der Waals surface area contributed by atoms with Gasteiger partial charge in [-0.3, -0.25) is 13.8 Å². The van der Waals surface area contributed by atoms with Crippen LogP contribution in [0.1, 0.15) is 43.0 Å². The second kappa shape index (κ2) is 6.40. The molecule has 32 heavy (non-hydrogen) atoms. The third-order valence-corrected chi connectivity index (χ3v) is 6.77. The fraction of sp³-hybridized carbons (Fsp3) is 0.375. The predicted molar refractivity (Wildman–Crippen MR) is 120 cm³/mol. The van der Waals surface area contributed by atoms with Crippen LogP contribution in [0.3, 0.4) is 0 Å². The number of hydrogen-bond donors (Lipinski definition) is 2. The number of fused-ring (bicyclic) bond motifs is 5. The number of benzene rings is 1. The number of aromatic hydroxyl groups is 1. The van der Waals surface area contributed by atoms with Crippen molar-refractivity contribution in [2.45, 2.75) is 38.5 Å². The van der Waals surface area contributed by atoms with E-state index in [1.165, 1.54) is 0 Å². The van der Waals surface area contributed by atoms with E-state index >= 15 is 0 Å². The van der Waals surface area contributed by atoms with Crippen LogP contribution >= 0.6 is 0 Å². The van der Waals surface area contributed by atoms with Gasteiger partial charge in [0.2, 0.25) is 0 Å². The number of quaternary nitrogens is 1. The van der Waals surface area contributed by atoms with Crippen molar-refractivity contribution in [3.8, 4) is 17.1 Å². The van der Waals surface area contributed by atoms with Crippen LogP contribution in [-0.2, 0) is 21.7 Å². The first kappa shape index (κ1) is 20.7. The number of hydrogen-bond acceptors (Lipinski definition) is 6. The van der Waals surface area contributed by atoms with E-state index in [1.807, 2.05) is 46.3 Å². The Morgan fingerprint density at radius 1 is 1.25 bits per heavy atom. The summed E-state index contributed by atoms with van der Waals surface area (Å²) in [7, 11) is 5.92. The Kier molecular flexibility index (Phi) is 4.13. The zero-order valence-corrected chi connectivity index (χ0v) is 18.8. The molecule has 0 aliphatic carbocycles. The summed E-state index contributed by atoms with van der Waals surface area (Å²) in [6.07, 6.45) is 0.0942. The molecule has 0 saturated heterocycles. The van der Waals surface area contributed by atoms with E-state index in [9.17, 15) is 19.8 Å². The molecule has 166 valence electrons. The van der Waals surface area contributed by atoms with Gasteiger partial charge in [-0.1, -0.05) is 6.92 Å². The summed E-state index contributed by atoms with van der Waals surface area (Å²) in [5.74, 6) is -0.577. The molecule has 2 aliphatic heterocycles. The SMILES string of the molecule is CCC1(O)C(=O)OCc2c1cc1n(c2=O)C(C)c2cc3c(O)c([N+](C)(C)C)ccc3nc2-1. The standard InChI is InChI=1S/C24H25N3O5/c1-6-24(31)16-10-18-20-13(12(2)26(18)22(29)15(16)11-32-23(24)30)9-14-17(25-20)7-8-19(21(14)28)27(3,4)5/h7-10,12,31H,6,11H2,1-5H3/p+1. The third kappa shape index (κ3) is 2.53. The van der Waals surface area contributed by atoms with E-state index in [1.54, 1.807) is 17.6 Å². The van der Waals surface area contributed by atoms with E-state index in [0.717, 1.165) is 11.3 Å². The van der Waals surface area contributed by atoms with Crippen molar-refractivity contribution in [3.63, 3.8) is 0 Å². The van der Waals surface area contributed by atoms with E-state index in [4.69, 9.17) is 9.72 Å². The summed E-state index contributed by atoms with van der Waals surface area (Å²) in [5, 5.41) is 22.6. The van der Waals surface area contributed by atoms with Gasteiger partial charge in [-0.15, -0.1) is 0 Å². The predicted octanol–water partition coefficient (Wildman–Crippen LogP) is 2.54. The van der Waals surface area contributed by atoms with Crippen molar-refractivity contribution in [3.05, 3.63) is 51.3 Å². The number of aliphatic hydroxyl groups is 1. The third-order valence-electron chi connectivity index (χ3n) is 6.77. The molecule has 2 aromatic heterocycles. The van der Waals surface area contributed by atoms with Gasteiger partial charge in [-0.25, -0.2) is 9.78 Å². The number of ether oxygens (including phenoxy) is 1. The molecule has 2 unspecified atom stereocenters. The minimum atomic E-state index is -1.86. The summed E-state index contributed by atoms with van der Waals surface area (Å²) in [6.45, 7) is 3.41. The molecule has 3 aromatic rings. The highest BCUT2D eigenvalue weighted by Gasteiger charge is 2.46. The fourth-order valence-electron chi connectivity index (χ4n) is 4.88. The monoisotopic (exact) mass is 436 g/mol. The van der Waals surface area contributed by atoms with E-state index < -0.39 is 11.6 Å². The molecule has 4 heterocycles. The summed E-state index contributed by atoms with van der Waals surface area (Å²) in [4.78, 5) is 30.5. The molecule has 2 aliphatic rings. The molecule has 0 radical (unpaired) electrons. The van der Waals surface area contributed by atoms with Crippen LogP contribution < -0.4 is 10.0 Å². The maximum Gasteiger partial charge on any atom is 0.343 e. The van der Waals surface area contributed by atoms with Crippen molar-refractivity contribution in [2.24, 2.45) is 0 Å². The van der Waals surface area contributed by atoms with Gasteiger partial charge < -0.3 is 14.9 Å². The molecule has 2 atom stereocenters. The van der Waals surface area contributed by atoms with Crippen molar-refractivity contribution >= 4 is 22.6 Å². The maximum absolute atomic E-state index is 13.4. The number of carbonyl (C=O) groups excluding carboxylic acids is 1. The van der Waals surface area contributed by atoms with Crippen LogP contribution in [0.15, 0.2) is 29.1 Å². The number of rotatable bonds is 2. The lowest BCUT2D eigenvalue weighted by molar-refractivity contribution is -0.172. The molecule has 8 heteroatoms. The summed E-state index contributed by atoms with van der Waals surface area (Å²) in [6, 6.07) is 6.96. The normalized spacial score (nSPS) is 21.8. The van der Waals surface area contributed by atoms with Gasteiger partial charge in [0, 0.05) is 22.6 Å². The van der Waals surface area contributed by atoms with Crippen molar-refractivity contribution in [2.75, 3.05) is 21.1 Å². The molecule has 0 bridgehead atoms. The molecule has 0 amide bonds. The van der Waals surface area contributed by atoms with Crippen LogP contribution in [0.4, 0.5) is 5.69 Å². The van der Waals surface area contributed by atoms with Gasteiger partial charge in [0.1, 0.15) is 6.61 Å². The van der Waals surface area contributed by atoms with Crippen molar-refractivity contribution in [1.82, 2.24) is 14.0 Å². The first-order chi connectivity index (χ1) is 15.0. The number of carbonyl (C=O) groups is 1. The lowest BCUT2D eigenvalue weighted by atomic mass is 9.86. The van der Waals surface area contributed by atoms with Gasteiger partial charge >= 0.3 is 5.97 Å². The highest BCUT2D eigenvalue weighted by Crippen LogP contribution is 2.44. The quantitative estimate of drug-likeness (QED) is 0.473. The average molecular weight is 436 g/mol. The lowest BCUT2D eigenvalue weighted by Crippen LogP contribution is -2.44. The molecule has 5 rings (SSSR count). The maximum atomic E-state index is 13.4. The average Bonchev–Trinajstić information content (AvgIpc) is 3.01. The molecule has 0 fully saturated rings. The number of aromatic nitrogens is 2. The Balaban J connectivity index is 1.80. The Bertz CT molecular complexity index is 1390. The second-order valence-corrected chi connectivity index (χ2v) is 9.50. The van der Waals surface area contributed by atoms with Gasteiger partial charge in [0.15, 0.2) is 17.0 Å². The lowest BCUT2D eigenvalue weighted by Gasteiger charge is -2.32. The summed E-state index contributed by atoms with van der Waals surface area (Å²) >= 11 is 0. The van der Waals surface area contributed by atoms with Crippen LogP contribution in [0.2, 0.25) is 0 Å². The number of phenols is 1. The number of phenolic OH excluding ortho intramolecular Hbond substituents is 1. The van der Waals surface area contributed by atoms with Crippen LogP contribution in [0, 0.1) is 0 Å². The Morgan fingerprint density at radius 2 is 1.97 bits per heavy atom. The molecule has 8 nitrogen and oxygen atoms in total. The molecule has 1 aromatic carbocycles. The zero-order valence-electron chi connectivity index (χ0n) is 18.8. The first-order valence-electron chi connectivity index (χ1n) is 10.7. The molecular weight excluding hydrogens is 410 g/mol. The molecular formula is C24H26N3O5+. The Hall–Kier alpha value is -3.23. The number of esters is 1. The zero-order chi connectivity index (χ0) is 23.2. The van der Waals surface area contributed by atoms with Gasteiger partial charge in [0.25, 0.3) is 5.56 Å². The minimum Gasteiger partial charge on any atom is -0.502 e. The summed E-state index contributed by atoms with van der Waals surface area (Å²) < 4.78 is 7.21. The summed E-state index contributed by atoms with van der Waals surface area (Å²) in [5.41, 5.74) is 1.75. The smallest absolute Gasteiger partial charge is 0.343 e. The molecule has 0 saturated carbocycles. The molecule has 2 N–H and O–H groups in total. The Labute approximate surface area is 184 Å². The highest BCUT2D eigenvalue weighted by atomic mass is 16.6. The number of cyclic esters (lactones) is 1. The van der Waals surface area contributed by atoms with Gasteiger partial charge in [-0.2, -0.15) is 0 Å². The largest absolute Gasteiger partial charge is 0.502 e. The van der Waals surface area contributed by atoms with Crippen LogP contribution in [-0.4, -0.2) is 46.9 Å². The van der Waals surface area contributed by atoms with Crippen molar-refractivity contribution < 1.29 is 19.7 Å². The topological polar surface area (TPSA) is 102 Å². The highest BCUT2D eigenvalue weighted by molar-refractivity contribution is 5.93. The minimum absolute atomic E-state index is 0.0942. The second-order valence-electron chi connectivity index (χ2n) is 9.50. The van der Waals surface area contributed by atoms with E-state index in [-0.39, 0.29) is 41.5 Å². The van der Waals surface area contributed by atoms with E-state index in [0.29, 0.717) is 26.8 Å². The van der Waals surface area contributed by atoms with Crippen LogP contribution in [0.5, 0.6) is 5.75 Å².